The molecule has 164 valence electrons. The van der Waals surface area contributed by atoms with Gasteiger partial charge in [0.05, 0.1) is 22.5 Å². The second kappa shape index (κ2) is 8.18. The summed E-state index contributed by atoms with van der Waals surface area (Å²) < 4.78 is 67.9. The van der Waals surface area contributed by atoms with E-state index in [2.05, 4.69) is 31.2 Å². The molecule has 3 atom stereocenters. The van der Waals surface area contributed by atoms with E-state index in [1.165, 1.54) is 29.2 Å². The monoisotopic (exact) mass is 502 g/mol. The Labute approximate surface area is 181 Å². The smallest absolute Gasteiger partial charge is 0.267 e. The van der Waals surface area contributed by atoms with Crippen molar-refractivity contribution in [2.45, 2.75) is 38.3 Å². The lowest BCUT2D eigenvalue weighted by molar-refractivity contribution is 0.116. The highest BCUT2D eigenvalue weighted by Gasteiger charge is 2.46. The van der Waals surface area contributed by atoms with E-state index in [0.29, 0.717) is 5.39 Å². The van der Waals surface area contributed by atoms with Gasteiger partial charge in [-0.3, -0.25) is 4.79 Å². The quantitative estimate of drug-likeness (QED) is 0.443. The largest absolute Gasteiger partial charge is 0.363 e. The molecular weight excluding hydrogens is 487 g/mol. The van der Waals surface area contributed by atoms with Crippen LogP contribution in [0.25, 0.3) is 10.9 Å². The van der Waals surface area contributed by atoms with Gasteiger partial charge in [-0.05, 0) is 29.3 Å². The Morgan fingerprint density at radius 2 is 1.90 bits per heavy atom. The minimum atomic E-state index is -2.96. The fraction of sp³-hybridized carbons (Fsp3) is 0.350. The van der Waals surface area contributed by atoms with Crippen molar-refractivity contribution < 1.29 is 22.0 Å². The van der Waals surface area contributed by atoms with Gasteiger partial charge in [-0.15, -0.1) is 0 Å². The second-order valence-electron chi connectivity index (χ2n) is 7.36. The lowest BCUT2D eigenvalue weighted by Crippen LogP contribution is -2.22. The molecule has 0 bridgehead atoms. The molecule has 3 aromatic rings. The number of anilines is 1. The number of aromatic nitrogens is 3. The van der Waals surface area contributed by atoms with Crippen molar-refractivity contribution in [3.05, 3.63) is 62.5 Å². The number of hydrogen-bond donors (Lipinski definition) is 1. The van der Waals surface area contributed by atoms with Gasteiger partial charge in [0.1, 0.15) is 22.4 Å². The summed E-state index contributed by atoms with van der Waals surface area (Å²) in [6.07, 6.45) is -2.73. The van der Waals surface area contributed by atoms with Gasteiger partial charge in [0.25, 0.3) is 12.0 Å². The number of hydrogen-bond acceptors (Lipinski definition) is 4. The molecule has 0 radical (unpaired) electrons. The zero-order valence-electron chi connectivity index (χ0n) is 16.0. The average Bonchev–Trinajstić information content (AvgIpc) is 3.52. The molecule has 1 aliphatic carbocycles. The Bertz CT molecular complexity index is 1200. The average molecular weight is 503 g/mol. The Kier molecular flexibility index (Phi) is 5.71. The number of nitrogens with zero attached hydrogens (tertiary/aromatic N) is 3. The standard InChI is InChI=1S/C20H16BrF5N4O/c1-8(9-3-2-4-10(15(9)22)17(23)24)29-19-12-6-30(13-5-11(13)18(25)26)20(31)14(21)16(12)27-7-28-19/h2-4,6-8,11,13,17-18H,5H2,1H3,(H,27,28,29)/t8-,11-,13+/m0/s1. The molecule has 1 aliphatic rings. The second-order valence-corrected chi connectivity index (χ2v) is 8.15. The van der Waals surface area contributed by atoms with Gasteiger partial charge in [0.2, 0.25) is 6.43 Å². The fourth-order valence-electron chi connectivity index (χ4n) is 3.61. The maximum Gasteiger partial charge on any atom is 0.267 e. The summed E-state index contributed by atoms with van der Waals surface area (Å²) >= 11 is 3.18. The summed E-state index contributed by atoms with van der Waals surface area (Å²) in [5.41, 5.74) is -0.935. The Morgan fingerprint density at radius 1 is 1.19 bits per heavy atom. The van der Waals surface area contributed by atoms with Crippen LogP contribution < -0.4 is 10.9 Å². The molecule has 2 heterocycles. The summed E-state index contributed by atoms with van der Waals surface area (Å²) in [6, 6.07) is 2.33. The third-order valence-corrected chi connectivity index (χ3v) is 6.10. The zero-order chi connectivity index (χ0) is 22.4. The number of benzene rings is 1. The van der Waals surface area contributed by atoms with Crippen LogP contribution in [0.5, 0.6) is 0 Å². The zero-order valence-corrected chi connectivity index (χ0v) is 17.6. The molecule has 11 heteroatoms. The summed E-state index contributed by atoms with van der Waals surface area (Å²) in [6.45, 7) is 1.57. The highest BCUT2D eigenvalue weighted by atomic mass is 79.9. The molecule has 2 aromatic heterocycles. The Hall–Kier alpha value is -2.56. The first-order chi connectivity index (χ1) is 14.7. The number of halogens is 6. The van der Waals surface area contributed by atoms with Crippen LogP contribution in [-0.4, -0.2) is 21.0 Å². The lowest BCUT2D eigenvalue weighted by atomic mass is 10.0. The first kappa shape index (κ1) is 21.7. The third-order valence-electron chi connectivity index (χ3n) is 5.38. The van der Waals surface area contributed by atoms with Crippen LogP contribution in [0.4, 0.5) is 27.8 Å². The van der Waals surface area contributed by atoms with Crippen molar-refractivity contribution in [3.8, 4) is 0 Å². The molecule has 0 spiro atoms. The highest BCUT2D eigenvalue weighted by Crippen LogP contribution is 2.47. The van der Waals surface area contributed by atoms with Crippen molar-refractivity contribution in [1.82, 2.24) is 14.5 Å². The van der Waals surface area contributed by atoms with E-state index in [0.717, 1.165) is 6.07 Å². The molecule has 0 saturated heterocycles. The molecule has 0 aliphatic heterocycles. The van der Waals surface area contributed by atoms with Crippen LogP contribution in [0, 0.1) is 11.7 Å². The molecule has 1 aromatic carbocycles. The van der Waals surface area contributed by atoms with Crippen LogP contribution in [0.2, 0.25) is 0 Å². The van der Waals surface area contributed by atoms with Gasteiger partial charge in [0.15, 0.2) is 0 Å². The van der Waals surface area contributed by atoms with Crippen LogP contribution in [0.3, 0.4) is 0 Å². The number of nitrogens with one attached hydrogen (secondary N) is 1. The molecule has 5 nitrogen and oxygen atoms in total. The molecule has 4 rings (SSSR count). The van der Waals surface area contributed by atoms with E-state index in [1.54, 1.807) is 6.92 Å². The first-order valence-corrected chi connectivity index (χ1v) is 10.2. The normalized spacial score (nSPS) is 19.3. The molecular formula is C20H16BrF5N4O. The lowest BCUT2D eigenvalue weighted by Gasteiger charge is -2.19. The topological polar surface area (TPSA) is 59.8 Å². The maximum atomic E-state index is 14.5. The predicted molar refractivity (Wildman–Crippen MR) is 108 cm³/mol. The van der Waals surface area contributed by atoms with Crippen molar-refractivity contribution >= 4 is 32.7 Å². The van der Waals surface area contributed by atoms with Gasteiger partial charge in [0, 0.05) is 23.7 Å². The van der Waals surface area contributed by atoms with Crippen LogP contribution >= 0.6 is 15.9 Å². The summed E-state index contributed by atoms with van der Waals surface area (Å²) in [5, 5.41) is 3.31. The number of pyridine rings is 1. The van der Waals surface area contributed by atoms with Gasteiger partial charge < -0.3 is 9.88 Å². The van der Waals surface area contributed by atoms with Gasteiger partial charge in [-0.2, -0.15) is 0 Å². The Balaban J connectivity index is 1.74. The molecule has 0 amide bonds. The van der Waals surface area contributed by atoms with E-state index >= 15 is 0 Å². The molecule has 1 saturated carbocycles. The molecule has 1 N–H and O–H groups in total. The van der Waals surface area contributed by atoms with Crippen molar-refractivity contribution in [3.63, 3.8) is 0 Å². The molecule has 1 fully saturated rings. The Morgan fingerprint density at radius 3 is 2.55 bits per heavy atom. The van der Waals surface area contributed by atoms with Crippen LogP contribution in [0.1, 0.15) is 43.0 Å². The number of rotatable bonds is 6. The van der Waals surface area contributed by atoms with Gasteiger partial charge >= 0.3 is 0 Å². The summed E-state index contributed by atoms with van der Waals surface area (Å²) in [4.78, 5) is 20.8. The van der Waals surface area contributed by atoms with Crippen molar-refractivity contribution in [2.75, 3.05) is 5.32 Å². The minimum absolute atomic E-state index is 0.0110. The van der Waals surface area contributed by atoms with E-state index in [1.807, 2.05) is 0 Å². The van der Waals surface area contributed by atoms with Crippen molar-refractivity contribution in [1.29, 1.82) is 0 Å². The first-order valence-electron chi connectivity index (χ1n) is 9.37. The van der Waals surface area contributed by atoms with E-state index < -0.39 is 47.8 Å². The van der Waals surface area contributed by atoms with Crippen molar-refractivity contribution in [2.24, 2.45) is 5.92 Å². The maximum absolute atomic E-state index is 14.5. The third kappa shape index (κ3) is 3.90. The van der Waals surface area contributed by atoms with E-state index in [4.69, 9.17) is 0 Å². The predicted octanol–water partition coefficient (Wildman–Crippen LogP) is 5.63. The summed E-state index contributed by atoms with van der Waals surface area (Å²) in [5.74, 6) is -1.72. The molecule has 31 heavy (non-hydrogen) atoms. The SMILES string of the molecule is C[C@H](Nc1ncnc2c(Br)c(=O)n([C@@H]3C[C@@H]3C(F)F)cc12)c1cccc(C(F)F)c1F. The minimum Gasteiger partial charge on any atom is -0.363 e. The number of alkyl halides is 4. The number of fused-ring (bicyclic) bond motifs is 1. The molecule has 0 unspecified atom stereocenters. The van der Waals surface area contributed by atoms with Gasteiger partial charge in [-0.25, -0.2) is 31.9 Å². The van der Waals surface area contributed by atoms with Crippen LogP contribution in [0.15, 0.2) is 40.0 Å². The fourth-order valence-corrected chi connectivity index (χ4v) is 4.13. The van der Waals surface area contributed by atoms with Crippen LogP contribution in [-0.2, 0) is 0 Å². The summed E-state index contributed by atoms with van der Waals surface area (Å²) in [7, 11) is 0. The van der Waals surface area contributed by atoms with Gasteiger partial charge in [-0.1, -0.05) is 18.2 Å². The van der Waals surface area contributed by atoms with E-state index in [9.17, 15) is 26.7 Å². The highest BCUT2D eigenvalue weighted by molar-refractivity contribution is 9.10. The van der Waals surface area contributed by atoms with E-state index in [-0.39, 0.29) is 27.8 Å².